The zero-order chi connectivity index (χ0) is 15.0. The molecule has 2 aromatic rings. The highest BCUT2D eigenvalue weighted by Crippen LogP contribution is 2.32. The lowest BCUT2D eigenvalue weighted by atomic mass is 9.85. The summed E-state index contributed by atoms with van der Waals surface area (Å²) in [5, 5.41) is 4.73. The number of hydrogen-bond acceptors (Lipinski definition) is 5. The lowest BCUT2D eigenvalue weighted by molar-refractivity contribution is -0.122. The average molecular weight is 325 g/mol. The molecule has 0 aliphatic heterocycles. The van der Waals surface area contributed by atoms with Crippen LogP contribution in [0.3, 0.4) is 0 Å². The van der Waals surface area contributed by atoms with E-state index in [1.54, 1.807) is 11.3 Å². The van der Waals surface area contributed by atoms with Crippen LogP contribution in [0.25, 0.3) is 10.2 Å². The van der Waals surface area contributed by atoms with Crippen molar-refractivity contribution in [3.63, 3.8) is 0 Å². The number of carbonyl (C=O) groups excluding carboxylic acids is 1. The van der Waals surface area contributed by atoms with Gasteiger partial charge in [0, 0.05) is 16.8 Å². The van der Waals surface area contributed by atoms with E-state index >= 15 is 0 Å². The van der Waals surface area contributed by atoms with Crippen molar-refractivity contribution in [2.24, 2.45) is 11.7 Å². The number of primary amides is 1. The van der Waals surface area contributed by atoms with Gasteiger partial charge in [-0.05, 0) is 50.3 Å². The Hall–Kier alpha value is -1.40. The Bertz CT molecular complexity index is 679. The van der Waals surface area contributed by atoms with Crippen LogP contribution < -0.4 is 11.1 Å². The lowest BCUT2D eigenvalue weighted by Crippen LogP contribution is -2.32. The molecular weight excluding hydrogens is 308 g/mol. The summed E-state index contributed by atoms with van der Waals surface area (Å²) in [6.07, 6.45) is 3.49. The fraction of sp³-hybridized carbons (Fsp3) is 0.500. The number of nitrogens with zero attached hydrogens (tertiary/aromatic N) is 2. The van der Waals surface area contributed by atoms with Crippen molar-refractivity contribution < 1.29 is 4.79 Å². The van der Waals surface area contributed by atoms with E-state index in [1.807, 2.05) is 6.92 Å². The van der Waals surface area contributed by atoms with Gasteiger partial charge < -0.3 is 11.1 Å². The van der Waals surface area contributed by atoms with E-state index in [0.29, 0.717) is 6.04 Å². The standard InChI is InChI=1S/C14H17ClN4OS/c1-7-6-10-12(18-14(15)19-13(10)21-7)17-9-4-2-8(3-5-9)11(16)20/h6,8-9H,2-5H2,1H3,(H2,16,20)(H,17,18,19). The van der Waals surface area contributed by atoms with E-state index in [4.69, 9.17) is 17.3 Å². The molecule has 1 saturated carbocycles. The second-order valence-electron chi connectivity index (χ2n) is 5.51. The van der Waals surface area contributed by atoms with Crippen molar-refractivity contribution in [2.45, 2.75) is 38.6 Å². The fourth-order valence-corrected chi connectivity index (χ4v) is 3.94. The van der Waals surface area contributed by atoms with E-state index in [1.165, 1.54) is 4.88 Å². The van der Waals surface area contributed by atoms with Crippen molar-refractivity contribution in [3.05, 3.63) is 16.2 Å². The smallest absolute Gasteiger partial charge is 0.225 e. The zero-order valence-corrected chi connectivity index (χ0v) is 13.3. The first-order valence-corrected chi connectivity index (χ1v) is 8.22. The van der Waals surface area contributed by atoms with Gasteiger partial charge in [0.05, 0.1) is 5.39 Å². The van der Waals surface area contributed by atoms with Crippen LogP contribution in [-0.4, -0.2) is 21.9 Å². The molecule has 3 rings (SSSR count). The largest absolute Gasteiger partial charge is 0.369 e. The highest BCUT2D eigenvalue weighted by molar-refractivity contribution is 7.18. The first-order valence-electron chi connectivity index (χ1n) is 7.02. The number of aromatic nitrogens is 2. The third-order valence-electron chi connectivity index (χ3n) is 3.96. The molecule has 0 radical (unpaired) electrons. The molecule has 7 heteroatoms. The number of thiophene rings is 1. The Morgan fingerprint density at radius 1 is 1.38 bits per heavy atom. The van der Waals surface area contributed by atoms with E-state index < -0.39 is 0 Å². The van der Waals surface area contributed by atoms with E-state index in [-0.39, 0.29) is 17.1 Å². The van der Waals surface area contributed by atoms with Gasteiger partial charge >= 0.3 is 0 Å². The lowest BCUT2D eigenvalue weighted by Gasteiger charge is -2.27. The molecule has 0 atom stereocenters. The van der Waals surface area contributed by atoms with Crippen molar-refractivity contribution in [3.8, 4) is 0 Å². The summed E-state index contributed by atoms with van der Waals surface area (Å²) in [5.74, 6) is 0.617. The number of amides is 1. The van der Waals surface area contributed by atoms with Gasteiger partial charge in [-0.25, -0.2) is 9.97 Å². The van der Waals surface area contributed by atoms with Gasteiger partial charge in [0.2, 0.25) is 11.2 Å². The summed E-state index contributed by atoms with van der Waals surface area (Å²) in [6, 6.07) is 2.38. The average Bonchev–Trinajstić information content (AvgIpc) is 2.79. The van der Waals surface area contributed by atoms with Gasteiger partial charge in [-0.1, -0.05) is 0 Å². The minimum absolute atomic E-state index is 0.0143. The molecule has 0 spiro atoms. The molecule has 0 aromatic carbocycles. The van der Waals surface area contributed by atoms with Crippen LogP contribution in [0.4, 0.5) is 5.82 Å². The van der Waals surface area contributed by atoms with Crippen LogP contribution in [0.5, 0.6) is 0 Å². The number of nitrogens with two attached hydrogens (primary N) is 1. The fourth-order valence-electron chi connectivity index (χ4n) is 2.84. The molecule has 112 valence electrons. The highest BCUT2D eigenvalue weighted by Gasteiger charge is 2.25. The molecule has 0 saturated heterocycles. The van der Waals surface area contributed by atoms with Crippen LogP contribution in [0.2, 0.25) is 5.28 Å². The Morgan fingerprint density at radius 3 is 2.76 bits per heavy atom. The van der Waals surface area contributed by atoms with Gasteiger partial charge in [-0.2, -0.15) is 0 Å². The van der Waals surface area contributed by atoms with Crippen molar-refractivity contribution in [1.82, 2.24) is 9.97 Å². The summed E-state index contributed by atoms with van der Waals surface area (Å²) in [5.41, 5.74) is 5.37. The number of fused-ring (bicyclic) bond motifs is 1. The molecule has 21 heavy (non-hydrogen) atoms. The SMILES string of the molecule is Cc1cc2c(NC3CCC(C(N)=O)CC3)nc(Cl)nc2s1. The van der Waals surface area contributed by atoms with Crippen molar-refractivity contribution in [2.75, 3.05) is 5.32 Å². The predicted octanol–water partition coefficient (Wildman–Crippen LogP) is 3.11. The molecule has 3 N–H and O–H groups in total. The highest BCUT2D eigenvalue weighted by atomic mass is 35.5. The molecule has 1 aliphatic rings. The maximum absolute atomic E-state index is 11.2. The van der Waals surface area contributed by atoms with E-state index in [2.05, 4.69) is 21.4 Å². The molecular formula is C14H17ClN4OS. The number of rotatable bonds is 3. The Morgan fingerprint density at radius 2 is 2.10 bits per heavy atom. The van der Waals surface area contributed by atoms with Crippen LogP contribution in [-0.2, 0) is 4.79 Å². The van der Waals surface area contributed by atoms with Gasteiger partial charge in [0.1, 0.15) is 10.6 Å². The second kappa shape index (κ2) is 5.77. The van der Waals surface area contributed by atoms with Gasteiger partial charge in [0.15, 0.2) is 0 Å². The van der Waals surface area contributed by atoms with Crippen molar-refractivity contribution in [1.29, 1.82) is 0 Å². The maximum atomic E-state index is 11.2. The molecule has 1 aliphatic carbocycles. The van der Waals surface area contributed by atoms with Crippen LogP contribution in [0, 0.1) is 12.8 Å². The Labute approximate surface area is 131 Å². The molecule has 5 nitrogen and oxygen atoms in total. The minimum atomic E-state index is -0.186. The monoisotopic (exact) mass is 324 g/mol. The van der Waals surface area contributed by atoms with E-state index in [0.717, 1.165) is 41.7 Å². The normalized spacial score (nSPS) is 22.4. The molecule has 1 fully saturated rings. The molecule has 0 unspecified atom stereocenters. The second-order valence-corrected chi connectivity index (χ2v) is 7.09. The summed E-state index contributed by atoms with van der Waals surface area (Å²) < 4.78 is 0. The number of anilines is 1. The summed E-state index contributed by atoms with van der Waals surface area (Å²) in [4.78, 5) is 21.9. The maximum Gasteiger partial charge on any atom is 0.225 e. The first-order chi connectivity index (χ1) is 10.0. The van der Waals surface area contributed by atoms with E-state index in [9.17, 15) is 4.79 Å². The molecule has 1 amide bonds. The van der Waals surface area contributed by atoms with Gasteiger partial charge in [-0.15, -0.1) is 11.3 Å². The number of nitrogens with one attached hydrogen (secondary N) is 1. The Balaban J connectivity index is 1.78. The van der Waals surface area contributed by atoms with Gasteiger partial charge in [-0.3, -0.25) is 4.79 Å². The van der Waals surface area contributed by atoms with Crippen molar-refractivity contribution >= 4 is 44.9 Å². The summed E-state index contributed by atoms with van der Waals surface area (Å²) in [7, 11) is 0. The summed E-state index contributed by atoms with van der Waals surface area (Å²) >= 11 is 7.61. The van der Waals surface area contributed by atoms with Crippen LogP contribution >= 0.6 is 22.9 Å². The molecule has 2 heterocycles. The summed E-state index contributed by atoms with van der Waals surface area (Å²) in [6.45, 7) is 2.04. The van der Waals surface area contributed by atoms with Crippen LogP contribution in [0.1, 0.15) is 30.6 Å². The third-order valence-corrected chi connectivity index (χ3v) is 5.07. The number of hydrogen-bond donors (Lipinski definition) is 2. The number of aryl methyl sites for hydroxylation is 1. The first kappa shape index (κ1) is 14.5. The van der Waals surface area contributed by atoms with Crippen LogP contribution in [0.15, 0.2) is 6.07 Å². The Kier molecular flexibility index (Phi) is 3.99. The number of halogens is 1. The predicted molar refractivity (Wildman–Crippen MR) is 85.7 cm³/mol. The third kappa shape index (κ3) is 3.11. The van der Waals surface area contributed by atoms with Gasteiger partial charge in [0.25, 0.3) is 0 Å². The zero-order valence-electron chi connectivity index (χ0n) is 11.7. The molecule has 2 aromatic heterocycles. The quantitative estimate of drug-likeness (QED) is 0.850. The topological polar surface area (TPSA) is 80.9 Å². The number of carbonyl (C=O) groups is 1. The minimum Gasteiger partial charge on any atom is -0.369 e. The molecule has 0 bridgehead atoms.